The van der Waals surface area contributed by atoms with Crippen molar-refractivity contribution in [3.8, 4) is 0 Å². The summed E-state index contributed by atoms with van der Waals surface area (Å²) in [7, 11) is -3.79. The number of sulfonamides is 1. The number of hydrogen-bond acceptors (Lipinski definition) is 4. The van der Waals surface area contributed by atoms with E-state index in [0.29, 0.717) is 17.1 Å². The zero-order valence-corrected chi connectivity index (χ0v) is 28.3. The minimum Gasteiger partial charge on any atom is -0.352 e. The number of nitrogens with one attached hydrogen (secondary N) is 1. The Kier molecular flexibility index (Phi) is 9.54. The van der Waals surface area contributed by atoms with Gasteiger partial charge in [-0.3, -0.25) is 13.9 Å². The molecule has 0 aliphatic heterocycles. The Balaban J connectivity index is 1.24. The molecule has 5 aliphatic rings. The van der Waals surface area contributed by atoms with E-state index >= 15 is 0 Å². The van der Waals surface area contributed by atoms with Gasteiger partial charge in [-0.15, -0.1) is 0 Å². The van der Waals surface area contributed by atoms with Crippen LogP contribution in [0.1, 0.15) is 95.1 Å². The summed E-state index contributed by atoms with van der Waals surface area (Å²) in [5.41, 5.74) is 2.81. The van der Waals surface area contributed by atoms with E-state index in [9.17, 15) is 18.0 Å². The summed E-state index contributed by atoms with van der Waals surface area (Å²) in [6.07, 6.45) is 14.6. The molecule has 45 heavy (non-hydrogen) atoms. The molecule has 0 aromatic heterocycles. The zero-order valence-electron chi connectivity index (χ0n) is 26.7. The molecule has 2 aromatic rings. The lowest BCUT2D eigenvalue weighted by molar-refractivity contribution is -0.140. The average Bonchev–Trinajstić information content (AvgIpc) is 3.00. The Bertz CT molecular complexity index is 1440. The number of hydrogen-bond donors (Lipinski definition) is 1. The summed E-state index contributed by atoms with van der Waals surface area (Å²) in [5, 5.41) is 3.77. The van der Waals surface area contributed by atoms with Gasteiger partial charge in [-0.2, -0.15) is 0 Å². The minimum atomic E-state index is -3.79. The molecular weight excluding hydrogens is 606 g/mol. The summed E-state index contributed by atoms with van der Waals surface area (Å²) >= 11 is 6.13. The molecule has 0 heterocycles. The first-order valence-electron chi connectivity index (χ1n) is 17.0. The van der Waals surface area contributed by atoms with Crippen LogP contribution in [0.25, 0.3) is 0 Å². The molecule has 2 amide bonds. The fourth-order valence-corrected chi connectivity index (χ4v) is 10.3. The number of halogens is 1. The number of nitrogens with zero attached hydrogens (tertiary/aromatic N) is 2. The Morgan fingerprint density at radius 3 is 2.02 bits per heavy atom. The molecule has 7 nitrogen and oxygen atoms in total. The van der Waals surface area contributed by atoms with Crippen molar-refractivity contribution in [1.29, 1.82) is 0 Å². The van der Waals surface area contributed by atoms with Crippen LogP contribution in [-0.2, 0) is 31.6 Å². The number of anilines is 1. The molecule has 0 saturated heterocycles. The number of benzene rings is 2. The molecule has 0 radical (unpaired) electrons. The van der Waals surface area contributed by atoms with Crippen LogP contribution < -0.4 is 9.62 Å². The summed E-state index contributed by atoms with van der Waals surface area (Å²) in [6.45, 7) is 1.69. The lowest BCUT2D eigenvalue weighted by Gasteiger charge is -2.57. The van der Waals surface area contributed by atoms with E-state index in [-0.39, 0.29) is 30.5 Å². The highest BCUT2D eigenvalue weighted by atomic mass is 35.5. The molecule has 2 aromatic carbocycles. The number of carbonyl (C=O) groups excluding carboxylic acids is 2. The normalized spacial score (nSPS) is 26.8. The first kappa shape index (κ1) is 32.4. The van der Waals surface area contributed by atoms with E-state index in [1.807, 2.05) is 31.2 Å². The van der Waals surface area contributed by atoms with E-state index < -0.39 is 22.0 Å². The molecule has 5 aliphatic carbocycles. The summed E-state index contributed by atoms with van der Waals surface area (Å²) in [4.78, 5) is 29.3. The van der Waals surface area contributed by atoms with E-state index in [1.165, 1.54) is 54.8 Å². The lowest BCUT2D eigenvalue weighted by atomic mass is 9.48. The molecule has 1 atom stereocenters. The van der Waals surface area contributed by atoms with Gasteiger partial charge in [0.25, 0.3) is 0 Å². The topological polar surface area (TPSA) is 86.8 Å². The maximum atomic E-state index is 14.2. The summed E-state index contributed by atoms with van der Waals surface area (Å²) in [6, 6.07) is 14.5. The third-order valence-electron chi connectivity index (χ3n) is 11.1. The highest BCUT2D eigenvalue weighted by Crippen LogP contribution is 2.60. The average molecular weight is 654 g/mol. The van der Waals surface area contributed by atoms with Crippen molar-refractivity contribution in [2.24, 2.45) is 17.8 Å². The minimum absolute atomic E-state index is 0.104. The van der Waals surface area contributed by atoms with E-state index in [4.69, 9.17) is 11.6 Å². The smallest absolute Gasteiger partial charge is 0.244 e. The number of amides is 2. The lowest BCUT2D eigenvalue weighted by Crippen LogP contribution is -2.54. The van der Waals surface area contributed by atoms with Gasteiger partial charge < -0.3 is 10.2 Å². The molecule has 244 valence electrons. The molecule has 7 rings (SSSR count). The van der Waals surface area contributed by atoms with Crippen LogP contribution in [0.3, 0.4) is 0 Å². The number of carbonyl (C=O) groups is 2. The van der Waals surface area contributed by atoms with Gasteiger partial charge >= 0.3 is 0 Å². The molecule has 1 N–H and O–H groups in total. The van der Waals surface area contributed by atoms with E-state index in [1.54, 1.807) is 17.0 Å². The quantitative estimate of drug-likeness (QED) is 0.288. The van der Waals surface area contributed by atoms with Crippen molar-refractivity contribution in [3.05, 3.63) is 64.7 Å². The predicted molar refractivity (Wildman–Crippen MR) is 180 cm³/mol. The van der Waals surface area contributed by atoms with Crippen LogP contribution >= 0.6 is 11.6 Å². The molecule has 5 saturated carbocycles. The summed E-state index contributed by atoms with van der Waals surface area (Å²) < 4.78 is 27.6. The van der Waals surface area contributed by atoms with Crippen LogP contribution in [-0.4, -0.2) is 50.0 Å². The predicted octanol–water partition coefficient (Wildman–Crippen LogP) is 6.83. The second kappa shape index (κ2) is 13.3. The molecule has 0 unspecified atom stereocenters. The van der Waals surface area contributed by atoms with Crippen LogP contribution in [0.5, 0.6) is 0 Å². The molecule has 5 fully saturated rings. The van der Waals surface area contributed by atoms with Gasteiger partial charge in [-0.1, -0.05) is 62.1 Å². The van der Waals surface area contributed by atoms with Gasteiger partial charge in [0.2, 0.25) is 21.8 Å². The number of rotatable bonds is 11. The van der Waals surface area contributed by atoms with Gasteiger partial charge in [0.1, 0.15) is 12.6 Å². The second-order valence-electron chi connectivity index (χ2n) is 14.4. The maximum Gasteiger partial charge on any atom is 0.244 e. The highest BCUT2D eigenvalue weighted by molar-refractivity contribution is 7.92. The standard InChI is InChI=1S/C36H48ClN3O4S/c1-3-33(35(42)38-31-7-5-4-6-8-31)39(23-25-9-13-30(37)14-10-25)34(41)24-40(45(2,43)44)32-15-11-29(12-16-32)36-20-26-17-27(21-36)19-28(18-26)22-36/h9-16,26-28,31,33H,3-8,17-24H2,1-2H3,(H,38,42)/t26?,27?,28?,33-,36?/m0/s1. The van der Waals surface area contributed by atoms with Gasteiger partial charge in [0.15, 0.2) is 0 Å². The SMILES string of the molecule is CC[C@@H](C(=O)NC1CCCCC1)N(Cc1ccc(Cl)cc1)C(=O)CN(c1ccc(C23CC4CC(CC(C4)C2)C3)cc1)S(C)(=O)=O. The fraction of sp³-hybridized carbons (Fsp3) is 0.611. The first-order chi connectivity index (χ1) is 21.5. The van der Waals surface area contributed by atoms with Crippen LogP contribution in [0.2, 0.25) is 5.02 Å². The highest BCUT2D eigenvalue weighted by Gasteiger charge is 2.51. The Morgan fingerprint density at radius 1 is 0.911 bits per heavy atom. The largest absolute Gasteiger partial charge is 0.352 e. The van der Waals surface area contributed by atoms with Gasteiger partial charge in [-0.25, -0.2) is 8.42 Å². The molecular formula is C36H48ClN3O4S. The Morgan fingerprint density at radius 2 is 1.49 bits per heavy atom. The zero-order chi connectivity index (χ0) is 31.8. The van der Waals surface area contributed by atoms with E-state index in [2.05, 4.69) is 17.4 Å². The van der Waals surface area contributed by atoms with Crippen molar-refractivity contribution in [2.75, 3.05) is 17.1 Å². The summed E-state index contributed by atoms with van der Waals surface area (Å²) in [5.74, 6) is 1.85. The Labute approximate surface area is 274 Å². The van der Waals surface area contributed by atoms with Crippen LogP contribution in [0.15, 0.2) is 48.5 Å². The van der Waals surface area contributed by atoms with E-state index in [0.717, 1.165) is 55.3 Å². The van der Waals surface area contributed by atoms with Gasteiger partial charge in [-0.05, 0) is 116 Å². The molecule has 9 heteroatoms. The first-order valence-corrected chi connectivity index (χ1v) is 19.2. The third-order valence-corrected chi connectivity index (χ3v) is 12.5. The maximum absolute atomic E-state index is 14.2. The van der Waals surface area contributed by atoms with Crippen molar-refractivity contribution in [1.82, 2.24) is 10.2 Å². The van der Waals surface area contributed by atoms with Crippen molar-refractivity contribution in [3.63, 3.8) is 0 Å². The van der Waals surface area contributed by atoms with Crippen molar-refractivity contribution < 1.29 is 18.0 Å². The fourth-order valence-electron chi connectivity index (χ4n) is 9.31. The monoisotopic (exact) mass is 653 g/mol. The Hall–Kier alpha value is -2.58. The van der Waals surface area contributed by atoms with Crippen LogP contribution in [0, 0.1) is 17.8 Å². The van der Waals surface area contributed by atoms with Crippen molar-refractivity contribution in [2.45, 2.75) is 108 Å². The second-order valence-corrected chi connectivity index (χ2v) is 16.8. The van der Waals surface area contributed by atoms with Crippen LogP contribution in [0.4, 0.5) is 5.69 Å². The van der Waals surface area contributed by atoms with Gasteiger partial charge in [0, 0.05) is 17.6 Å². The molecule has 4 bridgehead atoms. The van der Waals surface area contributed by atoms with Crippen molar-refractivity contribution >= 4 is 39.1 Å². The third kappa shape index (κ3) is 7.22. The molecule has 0 spiro atoms. The van der Waals surface area contributed by atoms with Gasteiger partial charge in [0.05, 0.1) is 11.9 Å².